The molecule has 5 heteroatoms. The largest absolute Gasteiger partial charge is 0.491 e. The van der Waals surface area contributed by atoms with Crippen LogP contribution in [-0.4, -0.2) is 29.6 Å². The lowest BCUT2D eigenvalue weighted by molar-refractivity contribution is -0.123. The minimum atomic E-state index is -0.587. The number of nitrogens with two attached hydrogens (primary N) is 1. The normalized spacial score (nSPS) is 17.6. The molecule has 2 atom stereocenters. The molecule has 3 aromatic rings. The van der Waals surface area contributed by atoms with Gasteiger partial charge in [0.05, 0.1) is 12.1 Å². The summed E-state index contributed by atoms with van der Waals surface area (Å²) in [7, 11) is 0. The van der Waals surface area contributed by atoms with E-state index in [-0.39, 0.29) is 11.9 Å². The number of H-pyrrole nitrogens is 1. The maximum atomic E-state index is 12.5. The van der Waals surface area contributed by atoms with Crippen LogP contribution in [0.15, 0.2) is 54.7 Å². The van der Waals surface area contributed by atoms with Gasteiger partial charge in [0.25, 0.3) is 0 Å². The molecule has 4 N–H and O–H groups in total. The molecular weight excluding hydrogens is 314 g/mol. The number of rotatable bonds is 4. The molecule has 0 spiro atoms. The van der Waals surface area contributed by atoms with Gasteiger partial charge in [0.15, 0.2) is 0 Å². The van der Waals surface area contributed by atoms with E-state index >= 15 is 0 Å². The molecule has 1 aliphatic heterocycles. The molecule has 0 aliphatic carbocycles. The highest BCUT2D eigenvalue weighted by Gasteiger charge is 2.24. The van der Waals surface area contributed by atoms with E-state index in [9.17, 15) is 4.79 Å². The Bertz CT molecular complexity index is 903. The van der Waals surface area contributed by atoms with Crippen molar-refractivity contribution < 1.29 is 9.53 Å². The number of benzene rings is 2. The smallest absolute Gasteiger partial charge is 0.237 e. The molecule has 2 aromatic carbocycles. The molecular formula is C20H21N3O2. The van der Waals surface area contributed by atoms with Gasteiger partial charge in [-0.2, -0.15) is 0 Å². The first-order chi connectivity index (χ1) is 12.2. The average Bonchev–Trinajstić information content (AvgIpc) is 3.04. The number of aromatic nitrogens is 1. The molecule has 4 rings (SSSR count). The van der Waals surface area contributed by atoms with E-state index < -0.39 is 6.04 Å². The van der Waals surface area contributed by atoms with Crippen molar-refractivity contribution in [3.05, 3.63) is 65.9 Å². The first-order valence-corrected chi connectivity index (χ1v) is 8.52. The fourth-order valence-corrected chi connectivity index (χ4v) is 3.36. The van der Waals surface area contributed by atoms with E-state index in [0.717, 1.165) is 34.2 Å². The minimum Gasteiger partial charge on any atom is -0.491 e. The molecule has 5 nitrogen and oxygen atoms in total. The van der Waals surface area contributed by atoms with Crippen LogP contribution in [0.25, 0.3) is 10.9 Å². The summed E-state index contributed by atoms with van der Waals surface area (Å²) in [4.78, 5) is 15.7. The van der Waals surface area contributed by atoms with Crippen molar-refractivity contribution in [2.24, 2.45) is 5.73 Å². The van der Waals surface area contributed by atoms with Crippen LogP contribution in [0.3, 0.4) is 0 Å². The van der Waals surface area contributed by atoms with E-state index in [1.165, 1.54) is 0 Å². The van der Waals surface area contributed by atoms with E-state index in [4.69, 9.17) is 10.5 Å². The minimum absolute atomic E-state index is 0.0450. The van der Waals surface area contributed by atoms with E-state index in [2.05, 4.69) is 10.3 Å². The molecule has 0 radical (unpaired) electrons. The SMILES string of the molecule is N[C@@H](Cc1c[nH]c2ccccc12)C(=O)NC1COc2ccccc2C1. The Balaban J connectivity index is 1.40. The molecule has 1 unspecified atom stereocenters. The number of hydrogen-bond donors (Lipinski definition) is 3. The third-order valence-corrected chi connectivity index (χ3v) is 4.68. The number of hydrogen-bond acceptors (Lipinski definition) is 3. The van der Waals surface area contributed by atoms with Gasteiger partial charge < -0.3 is 20.8 Å². The number of amides is 1. The number of fused-ring (bicyclic) bond motifs is 2. The topological polar surface area (TPSA) is 80.1 Å². The number of carbonyl (C=O) groups is 1. The average molecular weight is 335 g/mol. The Morgan fingerprint density at radius 3 is 2.96 bits per heavy atom. The summed E-state index contributed by atoms with van der Waals surface area (Å²) < 4.78 is 5.72. The Kier molecular flexibility index (Phi) is 4.15. The summed E-state index contributed by atoms with van der Waals surface area (Å²) in [6.07, 6.45) is 3.19. The van der Waals surface area contributed by atoms with Crippen molar-refractivity contribution in [2.75, 3.05) is 6.61 Å². The van der Waals surface area contributed by atoms with Gasteiger partial charge >= 0.3 is 0 Å². The first-order valence-electron chi connectivity index (χ1n) is 8.52. The Labute approximate surface area is 146 Å². The summed E-state index contributed by atoms with van der Waals surface area (Å²) in [6, 6.07) is 15.3. The molecule has 0 fully saturated rings. The third-order valence-electron chi connectivity index (χ3n) is 4.68. The lowest BCUT2D eigenvalue weighted by atomic mass is 10.0. The van der Waals surface area contributed by atoms with Gasteiger partial charge in [0.1, 0.15) is 12.4 Å². The maximum Gasteiger partial charge on any atom is 0.237 e. The van der Waals surface area contributed by atoms with Crippen LogP contribution in [-0.2, 0) is 17.6 Å². The highest BCUT2D eigenvalue weighted by molar-refractivity contribution is 5.86. The van der Waals surface area contributed by atoms with E-state index in [0.29, 0.717) is 13.0 Å². The number of nitrogens with one attached hydrogen (secondary N) is 2. The van der Waals surface area contributed by atoms with Crippen molar-refractivity contribution in [3.63, 3.8) is 0 Å². The molecule has 0 saturated carbocycles. The summed E-state index contributed by atoms with van der Waals surface area (Å²) in [5.74, 6) is 0.759. The Morgan fingerprint density at radius 2 is 2.04 bits per heavy atom. The van der Waals surface area contributed by atoms with Crippen LogP contribution in [0.5, 0.6) is 5.75 Å². The zero-order valence-corrected chi connectivity index (χ0v) is 13.9. The number of carbonyl (C=O) groups excluding carboxylic acids is 1. The Hall–Kier alpha value is -2.79. The fourth-order valence-electron chi connectivity index (χ4n) is 3.36. The number of aromatic amines is 1. The van der Waals surface area contributed by atoms with Gasteiger partial charge in [-0.15, -0.1) is 0 Å². The van der Waals surface area contributed by atoms with Crippen LogP contribution >= 0.6 is 0 Å². The highest BCUT2D eigenvalue weighted by Crippen LogP contribution is 2.24. The van der Waals surface area contributed by atoms with Crippen LogP contribution in [0.1, 0.15) is 11.1 Å². The van der Waals surface area contributed by atoms with Gasteiger partial charge in [-0.3, -0.25) is 4.79 Å². The first kappa shape index (κ1) is 15.7. The van der Waals surface area contributed by atoms with Gasteiger partial charge in [0.2, 0.25) is 5.91 Å². The second-order valence-electron chi connectivity index (χ2n) is 6.50. The van der Waals surface area contributed by atoms with Crippen LogP contribution < -0.4 is 15.8 Å². The molecule has 1 aromatic heterocycles. The number of ether oxygens (including phenoxy) is 1. The van der Waals surface area contributed by atoms with E-state index in [1.54, 1.807) is 0 Å². The molecule has 0 bridgehead atoms. The van der Waals surface area contributed by atoms with Crippen molar-refractivity contribution in [2.45, 2.75) is 24.9 Å². The molecule has 25 heavy (non-hydrogen) atoms. The number of para-hydroxylation sites is 2. The van der Waals surface area contributed by atoms with Crippen molar-refractivity contribution >= 4 is 16.8 Å². The van der Waals surface area contributed by atoms with E-state index in [1.807, 2.05) is 54.7 Å². The summed E-state index contributed by atoms with van der Waals surface area (Å²) in [6.45, 7) is 0.475. The second kappa shape index (κ2) is 6.61. The fraction of sp³-hybridized carbons (Fsp3) is 0.250. The van der Waals surface area contributed by atoms with Crippen LogP contribution in [0, 0.1) is 0 Å². The predicted octanol–water partition coefficient (Wildman–Crippen LogP) is 2.16. The summed E-state index contributed by atoms with van der Waals surface area (Å²) in [5.41, 5.74) is 9.38. The molecule has 1 aliphatic rings. The lowest BCUT2D eigenvalue weighted by Gasteiger charge is -2.27. The Morgan fingerprint density at radius 1 is 1.24 bits per heavy atom. The van der Waals surface area contributed by atoms with Crippen LogP contribution in [0.2, 0.25) is 0 Å². The summed E-state index contributed by atoms with van der Waals surface area (Å²) >= 11 is 0. The maximum absolute atomic E-state index is 12.5. The van der Waals surface area contributed by atoms with Gasteiger partial charge in [-0.25, -0.2) is 0 Å². The lowest BCUT2D eigenvalue weighted by Crippen LogP contribution is -2.50. The van der Waals surface area contributed by atoms with Gasteiger partial charge in [0, 0.05) is 17.1 Å². The highest BCUT2D eigenvalue weighted by atomic mass is 16.5. The summed E-state index contributed by atoms with van der Waals surface area (Å²) in [5, 5.41) is 4.13. The van der Waals surface area contributed by atoms with Gasteiger partial charge in [-0.1, -0.05) is 36.4 Å². The molecule has 128 valence electrons. The molecule has 0 saturated heterocycles. The zero-order valence-electron chi connectivity index (χ0n) is 13.9. The predicted molar refractivity (Wildman–Crippen MR) is 97.5 cm³/mol. The monoisotopic (exact) mass is 335 g/mol. The zero-order chi connectivity index (χ0) is 17.2. The van der Waals surface area contributed by atoms with Crippen molar-refractivity contribution in [1.82, 2.24) is 10.3 Å². The quantitative estimate of drug-likeness (QED) is 0.683. The molecule has 2 heterocycles. The van der Waals surface area contributed by atoms with Crippen LogP contribution in [0.4, 0.5) is 0 Å². The standard InChI is InChI=1S/C20H21N3O2/c21-17(10-14-11-22-18-7-3-2-6-16(14)18)20(24)23-15-9-13-5-1-4-8-19(13)25-12-15/h1-8,11,15,17,22H,9-10,12,21H2,(H,23,24)/t15?,17-/m0/s1. The second-order valence-corrected chi connectivity index (χ2v) is 6.50. The van der Waals surface area contributed by atoms with Gasteiger partial charge in [-0.05, 0) is 36.1 Å². The van der Waals surface area contributed by atoms with Crippen molar-refractivity contribution in [1.29, 1.82) is 0 Å². The molecule has 1 amide bonds. The third kappa shape index (κ3) is 3.23. The van der Waals surface area contributed by atoms with Crippen molar-refractivity contribution in [3.8, 4) is 5.75 Å².